The quantitative estimate of drug-likeness (QED) is 0.492. The van der Waals surface area contributed by atoms with Gasteiger partial charge in [-0.05, 0) is 0 Å². The molecular formula is NiO2P2RuSi. The first-order valence-electron chi connectivity index (χ1n) is 0.691. The summed E-state index contributed by atoms with van der Waals surface area (Å²) in [5, 5.41) is 0. The van der Waals surface area contributed by atoms with E-state index in [1.807, 2.05) is 0 Å². The van der Waals surface area contributed by atoms with Crippen LogP contribution in [0.3, 0.4) is 0 Å². The summed E-state index contributed by atoms with van der Waals surface area (Å²) in [6.45, 7) is 0. The van der Waals surface area contributed by atoms with Crippen LogP contribution in [0.4, 0.5) is 0 Å². The average Bonchev–Trinajstić information content (AvgIpc) is 1.39. The predicted molar refractivity (Wildman–Crippen MR) is 21.0 cm³/mol. The van der Waals surface area contributed by atoms with E-state index >= 15 is 0 Å². The Labute approximate surface area is 64.5 Å². The fourth-order valence-electron chi connectivity index (χ4n) is 0. The van der Waals surface area contributed by atoms with Gasteiger partial charge in [0.05, 0.1) is 0 Å². The molecular weight excluding hydrogens is 282 g/mol. The third-order valence-corrected chi connectivity index (χ3v) is 0. The van der Waals surface area contributed by atoms with Gasteiger partial charge in [0.25, 0.3) is 0 Å². The van der Waals surface area contributed by atoms with Gasteiger partial charge in [-0.25, -0.2) is 0 Å². The SMILES string of the molecule is O=[Si]=O.[P]#[Ni]#[P].[Ru]. The molecule has 0 aromatic rings. The predicted octanol–water partition coefficient (Wildman–Crippen LogP) is 1.10. The van der Waals surface area contributed by atoms with Crippen molar-refractivity contribution in [3.05, 3.63) is 0 Å². The van der Waals surface area contributed by atoms with E-state index in [0.29, 0.717) is 0 Å². The van der Waals surface area contributed by atoms with Gasteiger partial charge in [-0.2, -0.15) is 0 Å². The van der Waals surface area contributed by atoms with Crippen LogP contribution >= 0.6 is 14.7 Å². The second-order valence-corrected chi connectivity index (χ2v) is 2.60. The van der Waals surface area contributed by atoms with Crippen LogP contribution in [0.2, 0.25) is 0 Å². The van der Waals surface area contributed by atoms with E-state index in [9.17, 15) is 0 Å². The van der Waals surface area contributed by atoms with Gasteiger partial charge in [-0.3, -0.25) is 8.92 Å². The van der Waals surface area contributed by atoms with Crippen molar-refractivity contribution in [2.24, 2.45) is 0 Å². The van der Waals surface area contributed by atoms with Gasteiger partial charge >= 0.3 is 36.2 Å². The molecule has 0 aliphatic heterocycles. The summed E-state index contributed by atoms with van der Waals surface area (Å²) in [5.41, 5.74) is 0. The molecule has 0 aromatic heterocycles. The molecule has 0 fully saturated rings. The summed E-state index contributed by atoms with van der Waals surface area (Å²) in [6, 6.07) is 0. The second kappa shape index (κ2) is 25.0. The van der Waals surface area contributed by atoms with Crippen molar-refractivity contribution in [1.82, 2.24) is 0 Å². The van der Waals surface area contributed by atoms with Crippen LogP contribution in [-0.4, -0.2) is 9.29 Å². The van der Waals surface area contributed by atoms with Crippen molar-refractivity contribution >= 4 is 24.0 Å². The third-order valence-electron chi connectivity index (χ3n) is 0. The average molecular weight is 282 g/mol. The third kappa shape index (κ3) is 81.3. The van der Waals surface area contributed by atoms with Gasteiger partial charge in [0.1, 0.15) is 0 Å². The summed E-state index contributed by atoms with van der Waals surface area (Å²) in [4.78, 5) is 0. The Kier molecular flexibility index (Phi) is 56.8. The summed E-state index contributed by atoms with van der Waals surface area (Å²) >= 11 is 1.01. The van der Waals surface area contributed by atoms with Gasteiger partial charge in [0, 0.05) is 19.5 Å². The van der Waals surface area contributed by atoms with Crippen LogP contribution in [0.25, 0.3) is 0 Å². The molecule has 0 aliphatic rings. The number of hydrogen-bond acceptors (Lipinski definition) is 2. The Morgan fingerprint density at radius 3 is 1.29 bits per heavy atom. The van der Waals surface area contributed by atoms with Crippen LogP contribution in [0.1, 0.15) is 0 Å². The molecule has 0 radical (unpaired) electrons. The Morgan fingerprint density at radius 2 is 1.29 bits per heavy atom. The van der Waals surface area contributed by atoms with E-state index in [-0.39, 0.29) is 19.5 Å². The molecule has 0 spiro atoms. The Balaban J connectivity index is -0.0000000400. The largest absolute Gasteiger partial charge is 0 e. The molecule has 0 bridgehead atoms. The molecule has 2 nitrogen and oxygen atoms in total. The normalized spacial score (nSPS) is 3.14. The molecule has 44 valence electrons. The van der Waals surface area contributed by atoms with Gasteiger partial charge in [0.15, 0.2) is 0 Å². The van der Waals surface area contributed by atoms with Crippen LogP contribution < -0.4 is 0 Å². The molecule has 7 heteroatoms. The fourth-order valence-corrected chi connectivity index (χ4v) is 0. The van der Waals surface area contributed by atoms with Crippen molar-refractivity contribution in [2.75, 3.05) is 0 Å². The van der Waals surface area contributed by atoms with Crippen molar-refractivity contribution in [3.63, 3.8) is 0 Å². The Bertz CT molecular complexity index is 146. The van der Waals surface area contributed by atoms with Gasteiger partial charge in [0.2, 0.25) is 0 Å². The van der Waals surface area contributed by atoms with Gasteiger partial charge in [-0.15, -0.1) is 0 Å². The standard InChI is InChI=1S/Ni.O2Si.2P.Ru/c;1-3-2;;;. The number of hydrogen-bond donors (Lipinski definition) is 0. The van der Waals surface area contributed by atoms with E-state index in [1.165, 1.54) is 0 Å². The first kappa shape index (κ1) is 15.9. The zero-order valence-corrected chi connectivity index (χ0v) is 8.40. The van der Waals surface area contributed by atoms with E-state index < -0.39 is 9.29 Å². The van der Waals surface area contributed by atoms with Crippen LogP contribution in [-0.2, 0) is 40.6 Å². The molecule has 0 saturated carbocycles. The maximum absolute atomic E-state index is 8.40. The topological polar surface area (TPSA) is 34.1 Å². The first-order chi connectivity index (χ1) is 2.83. The minimum absolute atomic E-state index is 0. The maximum Gasteiger partial charge on any atom is 0 e. The molecule has 0 aliphatic carbocycles. The van der Waals surface area contributed by atoms with Gasteiger partial charge < -0.3 is 0 Å². The minimum atomic E-state index is -1.42. The zero-order valence-electron chi connectivity index (χ0n) is 2.88. The molecule has 0 heterocycles. The summed E-state index contributed by atoms with van der Waals surface area (Å²) in [6.07, 6.45) is 0. The number of rotatable bonds is 0. The Hall–Kier alpha value is 1.79. The van der Waals surface area contributed by atoms with Crippen molar-refractivity contribution < 1.29 is 40.6 Å². The molecule has 0 saturated heterocycles. The Morgan fingerprint density at radius 1 is 1.29 bits per heavy atom. The molecule has 0 atom stereocenters. The summed E-state index contributed by atoms with van der Waals surface area (Å²) in [5.74, 6) is 0. The molecule has 0 N–H and O–H groups in total. The van der Waals surface area contributed by atoms with Crippen molar-refractivity contribution in [1.29, 1.82) is 0 Å². The van der Waals surface area contributed by atoms with Crippen LogP contribution in [0, 0.1) is 0 Å². The maximum atomic E-state index is 8.40. The zero-order chi connectivity index (χ0) is 5.41. The van der Waals surface area contributed by atoms with E-state index in [0.717, 1.165) is 12.2 Å². The molecule has 0 aromatic carbocycles. The minimum Gasteiger partial charge on any atom is 0 e. The van der Waals surface area contributed by atoms with Crippen molar-refractivity contribution in [3.8, 4) is 0 Å². The van der Waals surface area contributed by atoms with Gasteiger partial charge in [-0.1, -0.05) is 0 Å². The monoisotopic (exact) mass is 282 g/mol. The molecule has 0 rings (SSSR count). The van der Waals surface area contributed by atoms with E-state index in [2.05, 4.69) is 14.7 Å². The molecule has 0 unspecified atom stereocenters. The second-order valence-electron chi connectivity index (χ2n) is 0.147. The van der Waals surface area contributed by atoms with E-state index in [4.69, 9.17) is 8.92 Å². The fraction of sp³-hybridized carbons (Fsp3) is 0. The molecule has 7 heavy (non-hydrogen) atoms. The summed E-state index contributed by atoms with van der Waals surface area (Å²) < 4.78 is 16.8. The first-order valence-corrected chi connectivity index (χ1v) is 4.72. The smallest absolute Gasteiger partial charge is 0 e. The van der Waals surface area contributed by atoms with Crippen LogP contribution in [0.15, 0.2) is 0 Å². The van der Waals surface area contributed by atoms with Crippen LogP contribution in [0.5, 0.6) is 0 Å². The van der Waals surface area contributed by atoms with E-state index in [1.54, 1.807) is 0 Å². The summed E-state index contributed by atoms with van der Waals surface area (Å²) in [7, 11) is 5.76. The molecule has 0 amide bonds. The van der Waals surface area contributed by atoms with Crippen molar-refractivity contribution in [2.45, 2.75) is 0 Å².